The summed E-state index contributed by atoms with van der Waals surface area (Å²) in [6.45, 7) is 2.18. The third-order valence-corrected chi connectivity index (χ3v) is 5.76. The van der Waals surface area contributed by atoms with Crippen molar-refractivity contribution in [1.82, 2.24) is 8.96 Å². The lowest BCUT2D eigenvalue weighted by atomic mass is 10.2. The summed E-state index contributed by atoms with van der Waals surface area (Å²) in [5.41, 5.74) is 2.10. The Kier molecular flexibility index (Phi) is 4.95. The quantitative estimate of drug-likeness (QED) is 0.483. The summed E-state index contributed by atoms with van der Waals surface area (Å²) in [5.74, 6) is 5.80. The second kappa shape index (κ2) is 7.00. The summed E-state index contributed by atoms with van der Waals surface area (Å²) in [4.78, 5) is 4.41. The van der Waals surface area contributed by atoms with Crippen LogP contribution in [0.1, 0.15) is 11.1 Å². The number of rotatable bonds is 3. The summed E-state index contributed by atoms with van der Waals surface area (Å²) in [6.07, 6.45) is 3.13. The number of methoxy groups -OCH3 is 1. The van der Waals surface area contributed by atoms with Crippen LogP contribution in [-0.4, -0.2) is 31.1 Å². The van der Waals surface area contributed by atoms with Gasteiger partial charge in [-0.25, -0.2) is 17.4 Å². The molecule has 0 radical (unpaired) electrons. The SMILES string of the molecule is COCC#Cc1cn(S(=O)(=O)c2ccc(C)cc2)c2cc(Br)ncc12. The van der Waals surface area contributed by atoms with Crippen molar-refractivity contribution in [2.24, 2.45) is 0 Å². The summed E-state index contributed by atoms with van der Waals surface area (Å²) in [7, 11) is -2.19. The molecular formula is C18H15BrN2O3S. The van der Waals surface area contributed by atoms with Gasteiger partial charge in [0.2, 0.25) is 0 Å². The van der Waals surface area contributed by atoms with E-state index in [0.29, 0.717) is 21.1 Å². The number of hydrogen-bond acceptors (Lipinski definition) is 4. The molecule has 1 aromatic carbocycles. The highest BCUT2D eigenvalue weighted by molar-refractivity contribution is 9.10. The van der Waals surface area contributed by atoms with Crippen molar-refractivity contribution in [1.29, 1.82) is 0 Å². The molecule has 0 aliphatic heterocycles. The first-order chi connectivity index (χ1) is 11.9. The van der Waals surface area contributed by atoms with E-state index in [9.17, 15) is 8.42 Å². The fourth-order valence-electron chi connectivity index (χ4n) is 2.39. The van der Waals surface area contributed by atoms with Crippen LogP contribution in [0.5, 0.6) is 0 Å². The van der Waals surface area contributed by atoms with E-state index in [1.807, 2.05) is 6.92 Å². The first kappa shape index (κ1) is 17.7. The zero-order chi connectivity index (χ0) is 18.0. The van der Waals surface area contributed by atoms with E-state index in [1.165, 1.54) is 10.2 Å². The molecule has 0 bridgehead atoms. The van der Waals surface area contributed by atoms with Crippen molar-refractivity contribution in [3.8, 4) is 11.8 Å². The average molecular weight is 419 g/mol. The Morgan fingerprint density at radius 2 is 2.00 bits per heavy atom. The number of benzene rings is 1. The molecule has 2 aromatic heterocycles. The molecule has 25 heavy (non-hydrogen) atoms. The fraction of sp³-hybridized carbons (Fsp3) is 0.167. The Morgan fingerprint density at radius 3 is 2.68 bits per heavy atom. The van der Waals surface area contributed by atoms with Gasteiger partial charge in [0.25, 0.3) is 10.0 Å². The molecule has 3 aromatic rings. The van der Waals surface area contributed by atoms with Gasteiger partial charge >= 0.3 is 0 Å². The second-order valence-electron chi connectivity index (χ2n) is 5.42. The minimum absolute atomic E-state index is 0.222. The maximum atomic E-state index is 13.1. The lowest BCUT2D eigenvalue weighted by Crippen LogP contribution is -2.11. The van der Waals surface area contributed by atoms with Gasteiger partial charge in [0.15, 0.2) is 0 Å². The lowest BCUT2D eigenvalue weighted by Gasteiger charge is -2.07. The number of pyridine rings is 1. The highest BCUT2D eigenvalue weighted by Gasteiger charge is 2.21. The molecule has 7 heteroatoms. The molecule has 0 aliphatic carbocycles. The van der Waals surface area contributed by atoms with Gasteiger partial charge in [0.05, 0.1) is 16.0 Å². The largest absolute Gasteiger partial charge is 0.372 e. The summed E-state index contributed by atoms with van der Waals surface area (Å²) < 4.78 is 32.9. The standard InChI is InChI=1S/C18H15BrN2O3S/c1-13-5-7-15(8-6-13)25(22,23)21-12-14(4-3-9-24-2)16-11-20-18(19)10-17(16)21/h5-8,10-12H,9H2,1-2H3. The maximum Gasteiger partial charge on any atom is 0.268 e. The zero-order valence-electron chi connectivity index (χ0n) is 13.7. The molecule has 0 unspecified atom stereocenters. The molecule has 0 fully saturated rings. The fourth-order valence-corrected chi connectivity index (χ4v) is 4.07. The molecule has 0 amide bonds. The van der Waals surface area contributed by atoms with E-state index >= 15 is 0 Å². The molecule has 0 atom stereocenters. The topological polar surface area (TPSA) is 61.2 Å². The Morgan fingerprint density at radius 1 is 1.28 bits per heavy atom. The van der Waals surface area contributed by atoms with Crippen LogP contribution in [0.25, 0.3) is 10.9 Å². The summed E-state index contributed by atoms with van der Waals surface area (Å²) >= 11 is 3.30. The minimum Gasteiger partial charge on any atom is -0.372 e. The number of hydrogen-bond donors (Lipinski definition) is 0. The van der Waals surface area contributed by atoms with E-state index in [1.54, 1.807) is 43.6 Å². The third kappa shape index (κ3) is 3.47. The molecule has 128 valence electrons. The van der Waals surface area contributed by atoms with Gasteiger partial charge in [-0.05, 0) is 41.1 Å². The minimum atomic E-state index is -3.74. The van der Waals surface area contributed by atoms with Gasteiger partial charge in [0.1, 0.15) is 11.2 Å². The van der Waals surface area contributed by atoms with Crippen LogP contribution in [0.15, 0.2) is 52.2 Å². The van der Waals surface area contributed by atoms with Gasteiger partial charge in [0, 0.05) is 24.9 Å². The van der Waals surface area contributed by atoms with Crippen LogP contribution in [0.3, 0.4) is 0 Å². The Labute approximate surface area is 154 Å². The predicted octanol–water partition coefficient (Wildman–Crippen LogP) is 3.34. The number of aryl methyl sites for hydroxylation is 1. The van der Waals surface area contributed by atoms with E-state index in [4.69, 9.17) is 4.74 Å². The number of nitrogens with zero attached hydrogens (tertiary/aromatic N) is 2. The Balaban J connectivity index is 2.23. The predicted molar refractivity (Wildman–Crippen MR) is 99.9 cm³/mol. The lowest BCUT2D eigenvalue weighted by molar-refractivity contribution is 0.240. The number of aromatic nitrogens is 2. The monoisotopic (exact) mass is 418 g/mol. The van der Waals surface area contributed by atoms with Crippen LogP contribution in [0.2, 0.25) is 0 Å². The van der Waals surface area contributed by atoms with Crippen molar-refractivity contribution in [2.75, 3.05) is 13.7 Å². The molecule has 0 spiro atoms. The Bertz CT molecular complexity index is 1090. The van der Waals surface area contributed by atoms with Gasteiger partial charge in [-0.3, -0.25) is 0 Å². The molecule has 0 aliphatic rings. The first-order valence-corrected chi connectivity index (χ1v) is 9.63. The van der Waals surface area contributed by atoms with Gasteiger partial charge < -0.3 is 4.74 Å². The first-order valence-electron chi connectivity index (χ1n) is 7.40. The van der Waals surface area contributed by atoms with Gasteiger partial charge in [-0.2, -0.15) is 0 Å². The summed E-state index contributed by atoms with van der Waals surface area (Å²) in [5, 5.41) is 0.669. The molecule has 3 rings (SSSR count). The summed E-state index contributed by atoms with van der Waals surface area (Å²) in [6, 6.07) is 8.42. The average Bonchev–Trinajstić information content (AvgIpc) is 2.94. The molecule has 0 saturated heterocycles. The van der Waals surface area contributed by atoms with E-state index in [2.05, 4.69) is 32.8 Å². The van der Waals surface area contributed by atoms with E-state index < -0.39 is 10.0 Å². The highest BCUT2D eigenvalue weighted by atomic mass is 79.9. The van der Waals surface area contributed by atoms with Crippen molar-refractivity contribution in [3.63, 3.8) is 0 Å². The maximum absolute atomic E-state index is 13.1. The number of ether oxygens (including phenoxy) is 1. The molecule has 0 N–H and O–H groups in total. The van der Waals surface area contributed by atoms with E-state index in [0.717, 1.165) is 5.56 Å². The van der Waals surface area contributed by atoms with Crippen molar-refractivity contribution < 1.29 is 13.2 Å². The zero-order valence-corrected chi connectivity index (χ0v) is 16.1. The highest BCUT2D eigenvalue weighted by Crippen LogP contribution is 2.27. The van der Waals surface area contributed by atoms with Gasteiger partial charge in [-0.1, -0.05) is 29.5 Å². The van der Waals surface area contributed by atoms with Crippen molar-refractivity contribution in [2.45, 2.75) is 11.8 Å². The van der Waals surface area contributed by atoms with Gasteiger partial charge in [-0.15, -0.1) is 0 Å². The second-order valence-corrected chi connectivity index (χ2v) is 8.04. The van der Waals surface area contributed by atoms with Crippen molar-refractivity contribution >= 4 is 36.9 Å². The van der Waals surface area contributed by atoms with Crippen LogP contribution >= 0.6 is 15.9 Å². The van der Waals surface area contributed by atoms with Crippen molar-refractivity contribution in [3.05, 3.63) is 58.5 Å². The van der Waals surface area contributed by atoms with Crippen LogP contribution in [0.4, 0.5) is 0 Å². The van der Waals surface area contributed by atoms with Crippen LogP contribution in [-0.2, 0) is 14.8 Å². The molecule has 5 nitrogen and oxygen atoms in total. The molecule has 2 heterocycles. The van der Waals surface area contributed by atoms with Crippen LogP contribution in [0, 0.1) is 18.8 Å². The molecule has 0 saturated carbocycles. The number of halogens is 1. The van der Waals surface area contributed by atoms with Crippen LogP contribution < -0.4 is 0 Å². The smallest absolute Gasteiger partial charge is 0.268 e. The number of fused-ring (bicyclic) bond motifs is 1. The Hall–Kier alpha value is -2.14. The molecular weight excluding hydrogens is 404 g/mol. The third-order valence-electron chi connectivity index (χ3n) is 3.64. The van der Waals surface area contributed by atoms with E-state index in [-0.39, 0.29) is 11.5 Å². The normalized spacial score (nSPS) is 11.3.